The first-order chi connectivity index (χ1) is 12.0. The SMILES string of the molecule is O=C(Cn1ncc(Cl)c(Cl)c1=O)Nc1cccc(SN2CCCC2)c1. The summed E-state index contributed by atoms with van der Waals surface area (Å²) in [5, 5.41) is 6.51. The molecule has 1 aromatic heterocycles. The molecule has 3 rings (SSSR count). The van der Waals surface area contributed by atoms with Crippen LogP contribution in [0.1, 0.15) is 12.8 Å². The predicted molar refractivity (Wildman–Crippen MR) is 100 cm³/mol. The molecule has 0 aliphatic carbocycles. The summed E-state index contributed by atoms with van der Waals surface area (Å²) in [6.45, 7) is 1.92. The molecule has 9 heteroatoms. The Kier molecular flexibility index (Phi) is 6.01. The lowest BCUT2D eigenvalue weighted by molar-refractivity contribution is -0.117. The van der Waals surface area contributed by atoms with Crippen LogP contribution in [0.3, 0.4) is 0 Å². The van der Waals surface area contributed by atoms with Gasteiger partial charge in [-0.25, -0.2) is 8.99 Å². The summed E-state index contributed by atoms with van der Waals surface area (Å²) in [6, 6.07) is 7.60. The lowest BCUT2D eigenvalue weighted by Gasteiger charge is -2.14. The number of anilines is 1. The first-order valence-electron chi connectivity index (χ1n) is 7.77. The van der Waals surface area contributed by atoms with Gasteiger partial charge in [-0.2, -0.15) is 5.10 Å². The number of hydrogen-bond acceptors (Lipinski definition) is 5. The smallest absolute Gasteiger partial charge is 0.287 e. The molecule has 0 bridgehead atoms. The van der Waals surface area contributed by atoms with Crippen molar-refractivity contribution < 1.29 is 4.79 Å². The summed E-state index contributed by atoms with van der Waals surface area (Å²) in [5.74, 6) is -0.365. The van der Waals surface area contributed by atoms with E-state index >= 15 is 0 Å². The molecular formula is C16H16Cl2N4O2S. The Morgan fingerprint density at radius 3 is 2.80 bits per heavy atom. The van der Waals surface area contributed by atoms with Crippen LogP contribution in [0.5, 0.6) is 0 Å². The zero-order valence-electron chi connectivity index (χ0n) is 13.2. The van der Waals surface area contributed by atoms with Crippen molar-refractivity contribution in [3.8, 4) is 0 Å². The van der Waals surface area contributed by atoms with E-state index < -0.39 is 5.56 Å². The third-order valence-corrected chi connectivity index (χ3v) is 5.49. The molecule has 132 valence electrons. The van der Waals surface area contributed by atoms with Crippen molar-refractivity contribution in [1.29, 1.82) is 0 Å². The second-order valence-electron chi connectivity index (χ2n) is 5.57. The molecule has 1 N–H and O–H groups in total. The van der Waals surface area contributed by atoms with E-state index in [1.807, 2.05) is 18.2 Å². The average Bonchev–Trinajstić information content (AvgIpc) is 3.09. The molecule has 1 fully saturated rings. The number of carbonyl (C=O) groups excluding carboxylic acids is 1. The van der Waals surface area contributed by atoms with Gasteiger partial charge in [-0.05, 0) is 43.0 Å². The van der Waals surface area contributed by atoms with Crippen LogP contribution >= 0.6 is 35.1 Å². The fraction of sp³-hybridized carbons (Fsp3) is 0.312. The Bertz CT molecular complexity index is 837. The van der Waals surface area contributed by atoms with E-state index in [9.17, 15) is 9.59 Å². The first-order valence-corrected chi connectivity index (χ1v) is 9.30. The molecule has 1 saturated heterocycles. The van der Waals surface area contributed by atoms with Crippen molar-refractivity contribution in [2.24, 2.45) is 0 Å². The van der Waals surface area contributed by atoms with Gasteiger partial charge < -0.3 is 5.32 Å². The molecule has 6 nitrogen and oxygen atoms in total. The van der Waals surface area contributed by atoms with Crippen LogP contribution < -0.4 is 10.9 Å². The van der Waals surface area contributed by atoms with Gasteiger partial charge >= 0.3 is 0 Å². The van der Waals surface area contributed by atoms with Crippen molar-refractivity contribution in [2.75, 3.05) is 18.4 Å². The topological polar surface area (TPSA) is 67.2 Å². The molecular weight excluding hydrogens is 383 g/mol. The first kappa shape index (κ1) is 18.3. The van der Waals surface area contributed by atoms with Crippen molar-refractivity contribution >= 4 is 46.7 Å². The molecule has 0 unspecified atom stereocenters. The fourth-order valence-electron chi connectivity index (χ4n) is 2.45. The number of amides is 1. The van der Waals surface area contributed by atoms with Crippen molar-refractivity contribution in [3.05, 3.63) is 50.9 Å². The molecule has 1 aromatic carbocycles. The lowest BCUT2D eigenvalue weighted by Crippen LogP contribution is -2.29. The number of carbonyl (C=O) groups is 1. The molecule has 0 atom stereocenters. The summed E-state index contributed by atoms with van der Waals surface area (Å²) in [4.78, 5) is 25.2. The number of rotatable bonds is 5. The predicted octanol–water partition coefficient (Wildman–Crippen LogP) is 3.29. The van der Waals surface area contributed by atoms with E-state index in [2.05, 4.69) is 14.7 Å². The van der Waals surface area contributed by atoms with Gasteiger partial charge in [0.2, 0.25) is 5.91 Å². The largest absolute Gasteiger partial charge is 0.324 e. The third kappa shape index (κ3) is 4.76. The van der Waals surface area contributed by atoms with Crippen LogP contribution in [0.2, 0.25) is 10.0 Å². The van der Waals surface area contributed by atoms with Crippen LogP contribution in [0.25, 0.3) is 0 Å². The average molecular weight is 399 g/mol. The second kappa shape index (κ2) is 8.23. The van der Waals surface area contributed by atoms with Gasteiger partial charge in [0.05, 0.1) is 11.2 Å². The van der Waals surface area contributed by atoms with Gasteiger partial charge in [0, 0.05) is 23.7 Å². The van der Waals surface area contributed by atoms with E-state index in [1.54, 1.807) is 18.0 Å². The van der Waals surface area contributed by atoms with E-state index in [4.69, 9.17) is 23.2 Å². The van der Waals surface area contributed by atoms with Crippen LogP contribution in [0.4, 0.5) is 5.69 Å². The minimum absolute atomic E-state index is 0.0648. The maximum absolute atomic E-state index is 12.2. The summed E-state index contributed by atoms with van der Waals surface area (Å²) in [5.41, 5.74) is 0.0740. The highest BCUT2D eigenvalue weighted by Crippen LogP contribution is 2.28. The van der Waals surface area contributed by atoms with Crippen LogP contribution in [-0.4, -0.2) is 33.1 Å². The number of halogens is 2. The lowest BCUT2D eigenvalue weighted by atomic mass is 10.3. The molecule has 25 heavy (non-hydrogen) atoms. The number of benzene rings is 1. The highest BCUT2D eigenvalue weighted by molar-refractivity contribution is 7.97. The molecule has 0 saturated carbocycles. The Morgan fingerprint density at radius 2 is 2.04 bits per heavy atom. The minimum atomic E-state index is -0.595. The van der Waals surface area contributed by atoms with Crippen LogP contribution in [0.15, 0.2) is 40.2 Å². The van der Waals surface area contributed by atoms with Crippen molar-refractivity contribution in [3.63, 3.8) is 0 Å². The highest BCUT2D eigenvalue weighted by atomic mass is 35.5. The monoisotopic (exact) mass is 398 g/mol. The van der Waals surface area contributed by atoms with Gasteiger partial charge in [-0.1, -0.05) is 29.3 Å². The van der Waals surface area contributed by atoms with Crippen LogP contribution in [-0.2, 0) is 11.3 Å². The molecule has 1 aliphatic rings. The third-order valence-electron chi connectivity index (χ3n) is 3.65. The highest BCUT2D eigenvalue weighted by Gasteiger charge is 2.14. The summed E-state index contributed by atoms with van der Waals surface area (Å²) >= 11 is 13.2. The van der Waals surface area contributed by atoms with Gasteiger partial charge in [0.25, 0.3) is 5.56 Å². The zero-order chi connectivity index (χ0) is 17.8. The Balaban J connectivity index is 1.65. The molecule has 1 amide bonds. The number of nitrogens with zero attached hydrogens (tertiary/aromatic N) is 3. The van der Waals surface area contributed by atoms with Gasteiger partial charge in [0.1, 0.15) is 11.6 Å². The summed E-state index contributed by atoms with van der Waals surface area (Å²) < 4.78 is 3.28. The van der Waals surface area contributed by atoms with Crippen molar-refractivity contribution in [2.45, 2.75) is 24.3 Å². The molecule has 0 radical (unpaired) electrons. The molecule has 2 heterocycles. The Labute approximate surface area is 159 Å². The molecule has 0 spiro atoms. The standard InChI is InChI=1S/C16H16Cl2N4O2S/c17-13-9-19-22(16(24)15(13)18)10-14(23)20-11-4-3-5-12(8-11)25-21-6-1-2-7-21/h3-5,8-9H,1-2,6-7,10H2,(H,20,23). The van der Waals surface area contributed by atoms with E-state index in [0.29, 0.717) is 5.69 Å². The number of hydrogen-bond donors (Lipinski definition) is 1. The fourth-order valence-corrected chi connectivity index (χ4v) is 3.78. The summed E-state index contributed by atoms with van der Waals surface area (Å²) in [7, 11) is 0. The number of aromatic nitrogens is 2. The molecule has 2 aromatic rings. The van der Waals surface area contributed by atoms with Crippen LogP contribution in [0, 0.1) is 0 Å². The molecule has 1 aliphatic heterocycles. The minimum Gasteiger partial charge on any atom is -0.324 e. The zero-order valence-corrected chi connectivity index (χ0v) is 15.6. The number of nitrogens with one attached hydrogen (secondary N) is 1. The van der Waals surface area contributed by atoms with Gasteiger partial charge in [0.15, 0.2) is 0 Å². The second-order valence-corrected chi connectivity index (χ2v) is 7.53. The maximum Gasteiger partial charge on any atom is 0.287 e. The van der Waals surface area contributed by atoms with E-state index in [-0.39, 0.29) is 22.5 Å². The van der Waals surface area contributed by atoms with Gasteiger partial charge in [-0.3, -0.25) is 9.59 Å². The Hall–Kier alpha value is -1.54. The maximum atomic E-state index is 12.2. The normalized spacial score (nSPS) is 14.6. The van der Waals surface area contributed by atoms with Gasteiger partial charge in [-0.15, -0.1) is 0 Å². The van der Waals surface area contributed by atoms with Crippen molar-refractivity contribution in [1.82, 2.24) is 14.1 Å². The van der Waals surface area contributed by atoms with E-state index in [1.165, 1.54) is 19.0 Å². The Morgan fingerprint density at radius 1 is 1.28 bits per heavy atom. The quantitative estimate of drug-likeness (QED) is 0.782. The van der Waals surface area contributed by atoms with E-state index in [0.717, 1.165) is 22.7 Å². The summed E-state index contributed by atoms with van der Waals surface area (Å²) in [6.07, 6.45) is 3.68.